The number of amides is 1. The van der Waals surface area contributed by atoms with Crippen molar-refractivity contribution >= 4 is 11.6 Å². The van der Waals surface area contributed by atoms with E-state index in [2.05, 4.69) is 5.32 Å². The summed E-state index contributed by atoms with van der Waals surface area (Å²) in [6, 6.07) is 10.8. The Labute approximate surface area is 155 Å². The van der Waals surface area contributed by atoms with Gasteiger partial charge in [0, 0.05) is 6.07 Å². The molecule has 0 radical (unpaired) electrons. The third kappa shape index (κ3) is 3.81. The maximum Gasteiger partial charge on any atom is 0.291 e. The van der Waals surface area contributed by atoms with Crippen LogP contribution in [0.4, 0.5) is 23.2 Å². The standard InChI is InChI=1S/C19H10F4N2O3/c20-12-7-13(21)17(23)18(16(12)22)27-9-11-5-6-15(28-11)19(26)25-14-4-2-1-3-10(14)8-24/h1-7H,9H2,(H,25,26). The number of carbonyl (C=O) groups excluding carboxylic acids is 1. The highest BCUT2D eigenvalue weighted by Gasteiger charge is 2.21. The highest BCUT2D eigenvalue weighted by atomic mass is 19.2. The van der Waals surface area contributed by atoms with Gasteiger partial charge < -0.3 is 14.5 Å². The fraction of sp³-hybridized carbons (Fsp3) is 0.0526. The van der Waals surface area contributed by atoms with Crippen molar-refractivity contribution in [3.05, 3.63) is 82.8 Å². The van der Waals surface area contributed by atoms with Crippen molar-refractivity contribution in [1.29, 1.82) is 5.26 Å². The van der Waals surface area contributed by atoms with Gasteiger partial charge in [-0.05, 0) is 24.3 Å². The SMILES string of the molecule is N#Cc1ccccc1NC(=O)c1ccc(COc2c(F)c(F)cc(F)c2F)o1. The normalized spacial score (nSPS) is 10.4. The second-order valence-electron chi connectivity index (χ2n) is 5.46. The predicted octanol–water partition coefficient (Wildman–Crippen LogP) is 4.54. The molecular formula is C19H10F4N2O3. The monoisotopic (exact) mass is 390 g/mol. The second kappa shape index (κ2) is 7.84. The fourth-order valence-corrected chi connectivity index (χ4v) is 2.27. The molecule has 0 atom stereocenters. The fourth-order valence-electron chi connectivity index (χ4n) is 2.27. The molecule has 0 saturated carbocycles. The summed E-state index contributed by atoms with van der Waals surface area (Å²) in [5.41, 5.74) is 0.508. The number of ether oxygens (including phenoxy) is 1. The van der Waals surface area contributed by atoms with Gasteiger partial charge in [0.2, 0.25) is 11.6 Å². The number of hydrogen-bond acceptors (Lipinski definition) is 4. The molecule has 28 heavy (non-hydrogen) atoms. The van der Waals surface area contributed by atoms with Crippen LogP contribution in [0.25, 0.3) is 0 Å². The van der Waals surface area contributed by atoms with E-state index >= 15 is 0 Å². The summed E-state index contributed by atoms with van der Waals surface area (Å²) in [5.74, 6) is -8.69. The van der Waals surface area contributed by atoms with Crippen LogP contribution in [-0.4, -0.2) is 5.91 Å². The van der Waals surface area contributed by atoms with Crippen LogP contribution in [-0.2, 0) is 6.61 Å². The van der Waals surface area contributed by atoms with Crippen LogP contribution in [0.2, 0.25) is 0 Å². The third-order valence-electron chi connectivity index (χ3n) is 3.61. The maximum absolute atomic E-state index is 13.6. The van der Waals surface area contributed by atoms with E-state index in [4.69, 9.17) is 14.4 Å². The number of para-hydroxylation sites is 1. The molecule has 1 amide bonds. The molecule has 1 heterocycles. The topological polar surface area (TPSA) is 75.3 Å². The van der Waals surface area contributed by atoms with E-state index in [1.54, 1.807) is 12.1 Å². The number of nitrogens with one attached hydrogen (secondary N) is 1. The van der Waals surface area contributed by atoms with E-state index in [1.807, 2.05) is 6.07 Å². The van der Waals surface area contributed by atoms with E-state index in [0.29, 0.717) is 0 Å². The van der Waals surface area contributed by atoms with Gasteiger partial charge in [0.1, 0.15) is 18.4 Å². The van der Waals surface area contributed by atoms with Crippen molar-refractivity contribution in [2.75, 3.05) is 5.32 Å². The molecular weight excluding hydrogens is 380 g/mol. The molecule has 0 unspecified atom stereocenters. The number of hydrogen-bond donors (Lipinski definition) is 1. The zero-order chi connectivity index (χ0) is 20.3. The molecule has 3 rings (SSSR count). The summed E-state index contributed by atoms with van der Waals surface area (Å²) < 4.78 is 63.4. The average molecular weight is 390 g/mol. The number of nitrogens with zero attached hydrogens (tertiary/aromatic N) is 1. The number of halogens is 4. The summed E-state index contributed by atoms with van der Waals surface area (Å²) in [6.07, 6.45) is 0. The Morgan fingerprint density at radius 1 is 1.07 bits per heavy atom. The molecule has 0 aliphatic heterocycles. The minimum Gasteiger partial charge on any atom is -0.479 e. The summed E-state index contributed by atoms with van der Waals surface area (Å²) in [4.78, 5) is 12.2. The number of benzene rings is 2. The molecule has 1 aromatic heterocycles. The Bertz CT molecular complexity index is 1060. The van der Waals surface area contributed by atoms with Crippen molar-refractivity contribution in [3.8, 4) is 11.8 Å². The van der Waals surface area contributed by atoms with Gasteiger partial charge in [0.05, 0.1) is 11.3 Å². The van der Waals surface area contributed by atoms with Crippen LogP contribution < -0.4 is 10.1 Å². The molecule has 142 valence electrons. The van der Waals surface area contributed by atoms with Crippen molar-refractivity contribution in [3.63, 3.8) is 0 Å². The Balaban J connectivity index is 1.71. The molecule has 0 spiro atoms. The first kappa shape index (κ1) is 19.0. The van der Waals surface area contributed by atoms with Gasteiger partial charge in [0.25, 0.3) is 5.91 Å². The molecule has 9 heteroatoms. The quantitative estimate of drug-likeness (QED) is 0.513. The van der Waals surface area contributed by atoms with E-state index in [0.717, 1.165) is 0 Å². The Kier molecular flexibility index (Phi) is 5.31. The zero-order valence-corrected chi connectivity index (χ0v) is 13.9. The van der Waals surface area contributed by atoms with Gasteiger partial charge in [-0.25, -0.2) is 8.78 Å². The van der Waals surface area contributed by atoms with Crippen LogP contribution in [0, 0.1) is 34.6 Å². The van der Waals surface area contributed by atoms with Crippen molar-refractivity contribution < 1.29 is 31.5 Å². The molecule has 3 aromatic rings. The van der Waals surface area contributed by atoms with Gasteiger partial charge in [-0.15, -0.1) is 0 Å². The van der Waals surface area contributed by atoms with Crippen LogP contribution in [0.3, 0.4) is 0 Å². The number of rotatable bonds is 5. The predicted molar refractivity (Wildman–Crippen MR) is 88.4 cm³/mol. The van der Waals surface area contributed by atoms with E-state index in [1.165, 1.54) is 24.3 Å². The van der Waals surface area contributed by atoms with Gasteiger partial charge in [0.15, 0.2) is 23.1 Å². The Hall–Kier alpha value is -3.80. The number of anilines is 1. The zero-order valence-electron chi connectivity index (χ0n) is 13.9. The second-order valence-corrected chi connectivity index (χ2v) is 5.46. The largest absolute Gasteiger partial charge is 0.479 e. The molecule has 0 saturated heterocycles. The lowest BCUT2D eigenvalue weighted by molar-refractivity contribution is 0.0992. The summed E-state index contributed by atoms with van der Waals surface area (Å²) in [6.45, 7) is -0.585. The van der Waals surface area contributed by atoms with Crippen molar-refractivity contribution in [1.82, 2.24) is 0 Å². The molecule has 2 aromatic carbocycles. The van der Waals surface area contributed by atoms with Crippen molar-refractivity contribution in [2.24, 2.45) is 0 Å². The van der Waals surface area contributed by atoms with Crippen LogP contribution in [0.15, 0.2) is 46.9 Å². The van der Waals surface area contributed by atoms with Crippen molar-refractivity contribution in [2.45, 2.75) is 6.61 Å². The van der Waals surface area contributed by atoms with E-state index < -0.39 is 41.5 Å². The lowest BCUT2D eigenvalue weighted by Gasteiger charge is -2.08. The number of furan rings is 1. The molecule has 0 aliphatic carbocycles. The summed E-state index contributed by atoms with van der Waals surface area (Å²) in [7, 11) is 0. The summed E-state index contributed by atoms with van der Waals surface area (Å²) >= 11 is 0. The Morgan fingerprint density at radius 2 is 1.75 bits per heavy atom. The smallest absolute Gasteiger partial charge is 0.291 e. The Morgan fingerprint density at radius 3 is 2.43 bits per heavy atom. The third-order valence-corrected chi connectivity index (χ3v) is 3.61. The lowest BCUT2D eigenvalue weighted by Crippen LogP contribution is -2.12. The van der Waals surface area contributed by atoms with E-state index in [-0.39, 0.29) is 28.8 Å². The van der Waals surface area contributed by atoms with Gasteiger partial charge in [-0.3, -0.25) is 4.79 Å². The van der Waals surface area contributed by atoms with Crippen LogP contribution in [0.5, 0.6) is 5.75 Å². The molecule has 5 nitrogen and oxygen atoms in total. The van der Waals surface area contributed by atoms with E-state index in [9.17, 15) is 22.4 Å². The molecule has 0 aliphatic rings. The molecule has 0 bridgehead atoms. The van der Waals surface area contributed by atoms with Crippen LogP contribution >= 0.6 is 0 Å². The van der Waals surface area contributed by atoms with Crippen LogP contribution in [0.1, 0.15) is 21.9 Å². The first-order chi connectivity index (χ1) is 13.4. The highest BCUT2D eigenvalue weighted by Crippen LogP contribution is 2.27. The molecule has 0 fully saturated rings. The van der Waals surface area contributed by atoms with Gasteiger partial charge >= 0.3 is 0 Å². The van der Waals surface area contributed by atoms with Gasteiger partial charge in [-0.2, -0.15) is 14.0 Å². The number of carbonyl (C=O) groups is 1. The first-order valence-corrected chi connectivity index (χ1v) is 7.75. The minimum absolute atomic E-state index is 0.0258. The minimum atomic E-state index is -1.68. The number of nitriles is 1. The summed E-state index contributed by atoms with van der Waals surface area (Å²) in [5, 5.41) is 11.5. The maximum atomic E-state index is 13.6. The molecule has 1 N–H and O–H groups in total. The lowest BCUT2D eigenvalue weighted by atomic mass is 10.2. The average Bonchev–Trinajstić information content (AvgIpc) is 3.16. The first-order valence-electron chi connectivity index (χ1n) is 7.75. The highest BCUT2D eigenvalue weighted by molar-refractivity contribution is 6.03. The van der Waals surface area contributed by atoms with Gasteiger partial charge in [-0.1, -0.05) is 12.1 Å².